The van der Waals surface area contributed by atoms with E-state index in [4.69, 9.17) is 4.74 Å². The summed E-state index contributed by atoms with van der Waals surface area (Å²) in [6, 6.07) is 0. The van der Waals surface area contributed by atoms with Gasteiger partial charge in [-0.25, -0.2) is 0 Å². The first-order valence-corrected chi connectivity index (χ1v) is 12.5. The molecule has 6 heteroatoms. The first-order chi connectivity index (χ1) is 15.2. The molecule has 0 unspecified atom stereocenters. The van der Waals surface area contributed by atoms with Crippen molar-refractivity contribution >= 4 is 11.9 Å². The fraction of sp³-hybridized carbons (Fsp3) is 0.769. The first-order valence-electron chi connectivity index (χ1n) is 12.5. The number of hydrogen-bond acceptors (Lipinski definition) is 5. The number of amides is 1. The minimum Gasteiger partial charge on any atom is -0.455 e. The normalized spacial score (nSPS) is 49.3. The molecule has 0 aromatic rings. The van der Waals surface area contributed by atoms with Gasteiger partial charge in [0.05, 0.1) is 11.5 Å². The maximum atomic E-state index is 13.9. The number of fused-ring (bicyclic) bond motifs is 6. The number of esters is 1. The highest BCUT2D eigenvalue weighted by Gasteiger charge is 2.75. The maximum Gasteiger partial charge on any atom is 0.315 e. The van der Waals surface area contributed by atoms with Crippen molar-refractivity contribution in [3.8, 4) is 0 Å². The summed E-state index contributed by atoms with van der Waals surface area (Å²) < 4.78 is 5.55. The minimum atomic E-state index is -1.13. The summed E-state index contributed by atoms with van der Waals surface area (Å²) in [7, 11) is 0. The second-order valence-electron chi connectivity index (χ2n) is 11.8. The molecule has 5 fully saturated rings. The molecule has 3 N–H and O–H groups in total. The predicted octanol–water partition coefficient (Wildman–Crippen LogP) is 2.64. The molecule has 0 radical (unpaired) electrons. The highest BCUT2D eigenvalue weighted by Crippen LogP contribution is 2.74. The number of rotatable bonds is 3. The lowest BCUT2D eigenvalue weighted by atomic mass is 9.60. The monoisotopic (exact) mass is 441 g/mol. The molecule has 1 saturated heterocycles. The molecule has 1 heterocycles. The zero-order valence-corrected chi connectivity index (χ0v) is 18.9. The van der Waals surface area contributed by atoms with Crippen molar-refractivity contribution in [3.05, 3.63) is 23.8 Å². The molecule has 4 bridgehead atoms. The van der Waals surface area contributed by atoms with Gasteiger partial charge in [-0.05, 0) is 74.3 Å². The largest absolute Gasteiger partial charge is 0.455 e. The maximum absolute atomic E-state index is 13.9. The van der Waals surface area contributed by atoms with E-state index in [-0.39, 0.29) is 11.8 Å². The molecule has 6 aliphatic rings. The van der Waals surface area contributed by atoms with Crippen LogP contribution in [0, 0.1) is 34.5 Å². The van der Waals surface area contributed by atoms with Crippen molar-refractivity contribution in [2.75, 3.05) is 6.54 Å². The third-order valence-corrected chi connectivity index (χ3v) is 10.3. The number of nitrogens with one attached hydrogen (secondary N) is 1. The Hall–Kier alpha value is -1.66. The molecule has 0 aromatic carbocycles. The van der Waals surface area contributed by atoms with Gasteiger partial charge in [-0.15, -0.1) is 0 Å². The van der Waals surface area contributed by atoms with E-state index in [1.807, 2.05) is 6.08 Å². The van der Waals surface area contributed by atoms with Gasteiger partial charge in [0.15, 0.2) is 0 Å². The number of aliphatic hydroxyl groups is 2. The zero-order chi connectivity index (χ0) is 22.5. The van der Waals surface area contributed by atoms with E-state index in [0.717, 1.165) is 30.4 Å². The quantitative estimate of drug-likeness (QED) is 0.462. The van der Waals surface area contributed by atoms with Gasteiger partial charge in [0.1, 0.15) is 17.6 Å². The summed E-state index contributed by atoms with van der Waals surface area (Å²) in [4.78, 5) is 27.0. The van der Waals surface area contributed by atoms with Crippen molar-refractivity contribution in [3.63, 3.8) is 0 Å². The topological polar surface area (TPSA) is 95.9 Å². The van der Waals surface area contributed by atoms with Gasteiger partial charge in [-0.2, -0.15) is 0 Å². The molecule has 1 spiro atoms. The zero-order valence-electron chi connectivity index (χ0n) is 18.9. The van der Waals surface area contributed by atoms with Crippen LogP contribution in [0.4, 0.5) is 0 Å². The highest BCUT2D eigenvalue weighted by atomic mass is 16.6. The van der Waals surface area contributed by atoms with E-state index in [9.17, 15) is 19.8 Å². The van der Waals surface area contributed by atoms with Gasteiger partial charge in [0.25, 0.3) is 0 Å². The second-order valence-corrected chi connectivity index (χ2v) is 11.8. The number of carbonyl (C=O) groups excluding carboxylic acids is 2. The van der Waals surface area contributed by atoms with Crippen LogP contribution in [-0.4, -0.2) is 46.4 Å². The Morgan fingerprint density at radius 2 is 2.03 bits per heavy atom. The molecule has 5 aliphatic carbocycles. The average Bonchev–Trinajstić information content (AvgIpc) is 3.21. The standard InChI is InChI=1S/C26H35NO5/c1-14-11-25-13-26(14,31)9-8-17(25)16-10-18-21(28)24(2,23(30)32-18)19(16)20(25)22(29)27-12-15-6-4-3-5-7-15/h10,15,17-21,28,31H,1,3-9,11-13H2,2H3,(H,27,29)/t17-,18-,19+,20+,21-,24-,25-,26+/m0/s1. The lowest BCUT2D eigenvalue weighted by molar-refractivity contribution is -0.151. The Bertz CT molecular complexity index is 921. The van der Waals surface area contributed by atoms with Crippen LogP contribution in [0.15, 0.2) is 23.8 Å². The molecule has 6 rings (SSSR count). The molecule has 4 saturated carbocycles. The van der Waals surface area contributed by atoms with E-state index >= 15 is 0 Å². The summed E-state index contributed by atoms with van der Waals surface area (Å²) >= 11 is 0. The Labute approximate surface area is 189 Å². The third kappa shape index (κ3) is 2.48. The smallest absolute Gasteiger partial charge is 0.315 e. The van der Waals surface area contributed by atoms with Gasteiger partial charge in [0.2, 0.25) is 5.91 Å². The number of ether oxygens (including phenoxy) is 1. The molecule has 32 heavy (non-hydrogen) atoms. The van der Waals surface area contributed by atoms with Crippen molar-refractivity contribution in [2.45, 2.75) is 82.5 Å². The molecule has 0 aromatic heterocycles. The van der Waals surface area contributed by atoms with Crippen LogP contribution < -0.4 is 5.32 Å². The Morgan fingerprint density at radius 1 is 1.28 bits per heavy atom. The van der Waals surface area contributed by atoms with Crippen LogP contribution in [0.2, 0.25) is 0 Å². The Kier molecular flexibility index (Phi) is 4.37. The first kappa shape index (κ1) is 20.9. The lowest BCUT2D eigenvalue weighted by Crippen LogP contribution is -2.52. The summed E-state index contributed by atoms with van der Waals surface area (Å²) in [5.74, 6) is -0.681. The van der Waals surface area contributed by atoms with Gasteiger partial charge < -0.3 is 20.3 Å². The third-order valence-electron chi connectivity index (χ3n) is 10.3. The van der Waals surface area contributed by atoms with Crippen LogP contribution in [0.5, 0.6) is 0 Å². The Morgan fingerprint density at radius 3 is 2.78 bits per heavy atom. The van der Waals surface area contributed by atoms with Gasteiger partial charge >= 0.3 is 5.97 Å². The number of hydrogen-bond donors (Lipinski definition) is 3. The van der Waals surface area contributed by atoms with E-state index in [2.05, 4.69) is 11.9 Å². The molecular weight excluding hydrogens is 406 g/mol. The fourth-order valence-electron chi connectivity index (χ4n) is 8.63. The van der Waals surface area contributed by atoms with E-state index < -0.39 is 46.4 Å². The predicted molar refractivity (Wildman–Crippen MR) is 117 cm³/mol. The average molecular weight is 442 g/mol. The van der Waals surface area contributed by atoms with Crippen LogP contribution in [0.25, 0.3) is 0 Å². The summed E-state index contributed by atoms with van der Waals surface area (Å²) in [5.41, 5.74) is -0.572. The van der Waals surface area contributed by atoms with Crippen molar-refractivity contribution in [1.82, 2.24) is 5.32 Å². The molecule has 174 valence electrons. The summed E-state index contributed by atoms with van der Waals surface area (Å²) in [5, 5.41) is 25.6. The van der Waals surface area contributed by atoms with Crippen molar-refractivity contribution < 1.29 is 24.5 Å². The molecule has 1 amide bonds. The van der Waals surface area contributed by atoms with Crippen LogP contribution in [0.3, 0.4) is 0 Å². The summed E-state index contributed by atoms with van der Waals surface area (Å²) in [6.45, 7) is 6.65. The van der Waals surface area contributed by atoms with E-state index in [1.165, 1.54) is 19.3 Å². The number of carbonyl (C=O) groups is 2. The SMILES string of the molecule is C=C1C[C@]23C[C@]1(O)CC[C@H]2C1=C[C@@H]2OC(=O)[C@@](C)([C@H]1[C@@H]3C(=O)NCC1CCCCC1)[C@H]2O. The Balaban J connectivity index is 1.41. The fourth-order valence-corrected chi connectivity index (χ4v) is 8.63. The van der Waals surface area contributed by atoms with Gasteiger partial charge in [0, 0.05) is 12.5 Å². The van der Waals surface area contributed by atoms with E-state index in [0.29, 0.717) is 31.7 Å². The van der Waals surface area contributed by atoms with Crippen molar-refractivity contribution in [2.24, 2.45) is 34.5 Å². The number of aliphatic hydroxyl groups excluding tert-OH is 1. The summed E-state index contributed by atoms with van der Waals surface area (Å²) in [6.07, 6.45) is 8.90. The molecule has 6 nitrogen and oxygen atoms in total. The lowest BCUT2D eigenvalue weighted by Gasteiger charge is -2.43. The van der Waals surface area contributed by atoms with Crippen LogP contribution in [-0.2, 0) is 14.3 Å². The molecule has 8 atom stereocenters. The van der Waals surface area contributed by atoms with Crippen LogP contribution in [0.1, 0.15) is 64.7 Å². The van der Waals surface area contributed by atoms with Gasteiger partial charge in [-0.3, -0.25) is 9.59 Å². The second kappa shape index (κ2) is 6.69. The van der Waals surface area contributed by atoms with Gasteiger partial charge in [-0.1, -0.05) is 31.4 Å². The number of allylic oxidation sites excluding steroid dienone is 1. The van der Waals surface area contributed by atoms with Crippen LogP contribution >= 0.6 is 0 Å². The molecular formula is C26H35NO5. The minimum absolute atomic E-state index is 0.0282. The van der Waals surface area contributed by atoms with E-state index in [1.54, 1.807) is 6.92 Å². The highest BCUT2D eigenvalue weighted by molar-refractivity contribution is 5.87. The van der Waals surface area contributed by atoms with Crippen molar-refractivity contribution in [1.29, 1.82) is 0 Å². The molecule has 1 aliphatic heterocycles.